The van der Waals surface area contributed by atoms with E-state index in [1.807, 2.05) is 0 Å². The van der Waals surface area contributed by atoms with Crippen LogP contribution in [-0.2, 0) is 0 Å². The summed E-state index contributed by atoms with van der Waals surface area (Å²) in [5.74, 6) is 0.962. The van der Waals surface area contributed by atoms with Gasteiger partial charge in [-0.3, -0.25) is 9.36 Å². The third-order valence-corrected chi connectivity index (χ3v) is 3.28. The van der Waals surface area contributed by atoms with Crippen LogP contribution in [-0.4, -0.2) is 15.5 Å². The molecule has 0 aromatic carbocycles. The van der Waals surface area contributed by atoms with E-state index in [0.29, 0.717) is 6.42 Å². The molecule has 0 bridgehead atoms. The van der Waals surface area contributed by atoms with Crippen molar-refractivity contribution in [3.05, 3.63) is 18.7 Å². The summed E-state index contributed by atoms with van der Waals surface area (Å²) >= 11 is 0. The summed E-state index contributed by atoms with van der Waals surface area (Å²) in [7, 11) is 0. The van der Waals surface area contributed by atoms with Gasteiger partial charge < -0.3 is 0 Å². The molecule has 3 heteroatoms. The molecule has 1 saturated carbocycles. The topological polar surface area (TPSA) is 34.9 Å². The Hall–Kier alpha value is -1.12. The van der Waals surface area contributed by atoms with E-state index in [4.69, 9.17) is 0 Å². The van der Waals surface area contributed by atoms with Gasteiger partial charge in [0.2, 0.25) is 5.91 Å². The molecule has 1 aliphatic rings. The van der Waals surface area contributed by atoms with Crippen LogP contribution in [0.3, 0.4) is 0 Å². The zero-order chi connectivity index (χ0) is 10.5. The minimum Gasteiger partial charge on any atom is -0.276 e. The van der Waals surface area contributed by atoms with Crippen molar-refractivity contribution in [2.45, 2.75) is 44.9 Å². The first-order valence-corrected chi connectivity index (χ1v) is 5.87. The number of aromatic nitrogens is 2. The maximum atomic E-state index is 11.7. The Labute approximate surface area is 90.5 Å². The number of carbonyl (C=O) groups is 1. The highest BCUT2D eigenvalue weighted by Crippen LogP contribution is 2.27. The van der Waals surface area contributed by atoms with Crippen molar-refractivity contribution in [3.8, 4) is 0 Å². The molecular weight excluding hydrogens is 188 g/mol. The van der Waals surface area contributed by atoms with Crippen LogP contribution >= 0.6 is 0 Å². The van der Waals surface area contributed by atoms with E-state index in [2.05, 4.69) is 4.98 Å². The van der Waals surface area contributed by atoms with Gasteiger partial charge in [-0.2, -0.15) is 0 Å². The molecule has 0 spiro atoms. The first-order valence-electron chi connectivity index (χ1n) is 5.87. The van der Waals surface area contributed by atoms with Gasteiger partial charge in [0.1, 0.15) is 6.33 Å². The molecule has 1 fully saturated rings. The standard InChI is InChI=1S/C12H18N2O/c15-12(14-9-8-13-10-14)7-6-11-4-2-1-3-5-11/h8-11H,1-7H2. The summed E-state index contributed by atoms with van der Waals surface area (Å²) in [4.78, 5) is 15.6. The molecule has 0 saturated heterocycles. The molecule has 1 aliphatic carbocycles. The van der Waals surface area contributed by atoms with Crippen molar-refractivity contribution in [1.29, 1.82) is 0 Å². The Bertz CT molecular complexity index is 299. The molecule has 82 valence electrons. The third kappa shape index (κ3) is 2.91. The number of nitrogens with zero attached hydrogens (tertiary/aromatic N) is 2. The van der Waals surface area contributed by atoms with Gasteiger partial charge in [0, 0.05) is 18.8 Å². The van der Waals surface area contributed by atoms with Crippen LogP contribution in [0.15, 0.2) is 18.7 Å². The molecule has 15 heavy (non-hydrogen) atoms. The Kier molecular flexibility index (Phi) is 3.54. The van der Waals surface area contributed by atoms with Gasteiger partial charge in [0.25, 0.3) is 0 Å². The fraction of sp³-hybridized carbons (Fsp3) is 0.667. The quantitative estimate of drug-likeness (QED) is 0.762. The second-order valence-electron chi connectivity index (χ2n) is 4.41. The van der Waals surface area contributed by atoms with Gasteiger partial charge in [0.15, 0.2) is 0 Å². The minimum atomic E-state index is 0.179. The summed E-state index contributed by atoms with van der Waals surface area (Å²) in [5.41, 5.74) is 0. The number of carbonyl (C=O) groups excluding carboxylic acids is 1. The third-order valence-electron chi connectivity index (χ3n) is 3.28. The van der Waals surface area contributed by atoms with E-state index in [1.54, 1.807) is 23.3 Å². The van der Waals surface area contributed by atoms with E-state index in [9.17, 15) is 4.79 Å². The molecule has 1 aromatic heterocycles. The second-order valence-corrected chi connectivity index (χ2v) is 4.41. The molecule has 0 N–H and O–H groups in total. The molecule has 1 heterocycles. The van der Waals surface area contributed by atoms with E-state index in [0.717, 1.165) is 12.3 Å². The molecule has 1 aromatic rings. The van der Waals surface area contributed by atoms with Crippen LogP contribution < -0.4 is 0 Å². The Morgan fingerprint density at radius 2 is 2.13 bits per heavy atom. The maximum Gasteiger partial charge on any atom is 0.231 e. The van der Waals surface area contributed by atoms with Crippen LogP contribution in [0.4, 0.5) is 0 Å². The Balaban J connectivity index is 1.75. The SMILES string of the molecule is O=C(CCC1CCCCC1)n1ccnc1. The number of hydrogen-bond donors (Lipinski definition) is 0. The first kappa shape index (κ1) is 10.4. The van der Waals surface area contributed by atoms with Crippen molar-refractivity contribution < 1.29 is 4.79 Å². The highest BCUT2D eigenvalue weighted by Gasteiger charge is 2.15. The molecule has 0 atom stereocenters. The normalized spacial score (nSPS) is 17.9. The Morgan fingerprint density at radius 1 is 1.33 bits per heavy atom. The van der Waals surface area contributed by atoms with Crippen molar-refractivity contribution in [3.63, 3.8) is 0 Å². The van der Waals surface area contributed by atoms with E-state index in [-0.39, 0.29) is 5.91 Å². The van der Waals surface area contributed by atoms with E-state index < -0.39 is 0 Å². The average molecular weight is 206 g/mol. The summed E-state index contributed by atoms with van der Waals surface area (Å²) in [6.07, 6.45) is 13.4. The first-order chi connectivity index (χ1) is 7.36. The molecule has 2 rings (SSSR count). The summed E-state index contributed by atoms with van der Waals surface area (Å²) < 4.78 is 1.59. The summed E-state index contributed by atoms with van der Waals surface area (Å²) in [5, 5.41) is 0. The molecule has 0 unspecified atom stereocenters. The van der Waals surface area contributed by atoms with Gasteiger partial charge >= 0.3 is 0 Å². The second kappa shape index (κ2) is 5.10. The van der Waals surface area contributed by atoms with Crippen LogP contribution in [0, 0.1) is 5.92 Å². The fourth-order valence-electron chi connectivity index (χ4n) is 2.34. The van der Waals surface area contributed by atoms with Crippen molar-refractivity contribution in [2.24, 2.45) is 5.92 Å². The van der Waals surface area contributed by atoms with Gasteiger partial charge in [0.05, 0.1) is 0 Å². The number of imidazole rings is 1. The maximum absolute atomic E-state index is 11.7. The lowest BCUT2D eigenvalue weighted by molar-refractivity contribution is 0.0889. The van der Waals surface area contributed by atoms with Crippen LogP contribution in [0.25, 0.3) is 0 Å². The van der Waals surface area contributed by atoms with Gasteiger partial charge in [-0.15, -0.1) is 0 Å². The highest BCUT2D eigenvalue weighted by atomic mass is 16.2. The van der Waals surface area contributed by atoms with Crippen LogP contribution in [0.1, 0.15) is 49.7 Å². The summed E-state index contributed by atoms with van der Waals surface area (Å²) in [6, 6.07) is 0. The lowest BCUT2D eigenvalue weighted by atomic mass is 9.86. The number of rotatable bonds is 3. The molecule has 0 radical (unpaired) electrons. The zero-order valence-electron chi connectivity index (χ0n) is 9.06. The monoisotopic (exact) mass is 206 g/mol. The largest absolute Gasteiger partial charge is 0.276 e. The zero-order valence-corrected chi connectivity index (χ0v) is 9.06. The van der Waals surface area contributed by atoms with E-state index in [1.165, 1.54) is 32.1 Å². The van der Waals surface area contributed by atoms with Gasteiger partial charge in [-0.05, 0) is 12.3 Å². The predicted octanol–water partition coefficient (Wildman–Crippen LogP) is 2.88. The van der Waals surface area contributed by atoms with Crippen LogP contribution in [0.5, 0.6) is 0 Å². The lowest BCUT2D eigenvalue weighted by Gasteiger charge is -2.20. The van der Waals surface area contributed by atoms with Crippen molar-refractivity contribution >= 4 is 5.91 Å². The van der Waals surface area contributed by atoms with Gasteiger partial charge in [-0.25, -0.2) is 4.98 Å². The fourth-order valence-corrected chi connectivity index (χ4v) is 2.34. The predicted molar refractivity (Wildman–Crippen MR) is 58.7 cm³/mol. The Morgan fingerprint density at radius 3 is 2.80 bits per heavy atom. The van der Waals surface area contributed by atoms with E-state index >= 15 is 0 Å². The van der Waals surface area contributed by atoms with Crippen molar-refractivity contribution in [2.75, 3.05) is 0 Å². The molecular formula is C12H18N2O. The molecule has 3 nitrogen and oxygen atoms in total. The lowest BCUT2D eigenvalue weighted by Crippen LogP contribution is -2.12. The summed E-state index contributed by atoms with van der Waals surface area (Å²) in [6.45, 7) is 0. The molecule has 0 aliphatic heterocycles. The van der Waals surface area contributed by atoms with Crippen molar-refractivity contribution in [1.82, 2.24) is 9.55 Å². The smallest absolute Gasteiger partial charge is 0.231 e. The number of hydrogen-bond acceptors (Lipinski definition) is 2. The average Bonchev–Trinajstić information content (AvgIpc) is 2.81. The highest BCUT2D eigenvalue weighted by molar-refractivity contribution is 5.78. The van der Waals surface area contributed by atoms with Crippen LogP contribution in [0.2, 0.25) is 0 Å². The van der Waals surface area contributed by atoms with Gasteiger partial charge in [-0.1, -0.05) is 32.1 Å². The molecule has 0 amide bonds. The minimum absolute atomic E-state index is 0.179.